The number of aromatic amines is 1. The Morgan fingerprint density at radius 1 is 0.324 bits per heavy atom. The Labute approximate surface area is 416 Å². The van der Waals surface area contributed by atoms with Gasteiger partial charge in [0.2, 0.25) is 0 Å². The van der Waals surface area contributed by atoms with Crippen molar-refractivity contribution in [3.63, 3.8) is 0 Å². The second-order valence-electron chi connectivity index (χ2n) is 19.8. The lowest BCUT2D eigenvalue weighted by molar-refractivity contribution is 0.669. The number of aryl methyl sites for hydroxylation is 8. The third-order valence-electron chi connectivity index (χ3n) is 15.0. The van der Waals surface area contributed by atoms with Crippen LogP contribution in [0.1, 0.15) is 44.5 Å². The van der Waals surface area contributed by atoms with Gasteiger partial charge in [-0.1, -0.05) is 121 Å². The summed E-state index contributed by atoms with van der Waals surface area (Å²) in [7, 11) is 0. The molecule has 0 fully saturated rings. The number of furan rings is 1. The van der Waals surface area contributed by atoms with E-state index in [1.807, 2.05) is 0 Å². The van der Waals surface area contributed by atoms with E-state index in [9.17, 15) is 0 Å². The molecule has 2 heterocycles. The van der Waals surface area contributed by atoms with Crippen LogP contribution in [-0.2, 0) is 0 Å². The maximum absolute atomic E-state index is 7.00. The number of hydrogen-bond donors (Lipinski definition) is 1. The van der Waals surface area contributed by atoms with Crippen molar-refractivity contribution in [3.8, 4) is 55.6 Å². The van der Waals surface area contributed by atoms with Gasteiger partial charge in [-0.05, 0) is 211 Å². The van der Waals surface area contributed by atoms with Crippen molar-refractivity contribution in [2.45, 2.75) is 55.4 Å². The van der Waals surface area contributed by atoms with Crippen molar-refractivity contribution in [3.05, 3.63) is 233 Å². The zero-order valence-corrected chi connectivity index (χ0v) is 41.8. The maximum atomic E-state index is 7.00. The number of nitrogens with zero attached hydrogens (tertiary/aromatic N) is 1. The second kappa shape index (κ2) is 17.2. The highest BCUT2D eigenvalue weighted by molar-refractivity contribution is 6.20. The highest BCUT2D eigenvalue weighted by Gasteiger charge is 2.24. The van der Waals surface area contributed by atoms with Gasteiger partial charge in [0.25, 0.3) is 0 Å². The summed E-state index contributed by atoms with van der Waals surface area (Å²) in [5.74, 6) is 0. The molecule has 0 radical (unpaired) electrons. The normalized spacial score (nSPS) is 11.7. The minimum absolute atomic E-state index is 0.833. The molecule has 344 valence electrons. The highest BCUT2D eigenvalue weighted by atomic mass is 16.3. The predicted molar refractivity (Wildman–Crippen MR) is 303 cm³/mol. The summed E-state index contributed by atoms with van der Waals surface area (Å²) >= 11 is 0. The van der Waals surface area contributed by atoms with Gasteiger partial charge in [-0.25, -0.2) is 0 Å². The van der Waals surface area contributed by atoms with Crippen LogP contribution in [0.2, 0.25) is 0 Å². The fraction of sp³-hybridized carbons (Fsp3) is 0.118. The van der Waals surface area contributed by atoms with E-state index in [1.54, 1.807) is 0 Å². The van der Waals surface area contributed by atoms with E-state index in [4.69, 9.17) is 4.42 Å². The molecule has 0 amide bonds. The molecule has 2 aromatic heterocycles. The molecular formula is C68H56N2O. The first-order valence-electron chi connectivity index (χ1n) is 24.8. The van der Waals surface area contributed by atoms with Crippen LogP contribution >= 0.6 is 0 Å². The van der Waals surface area contributed by atoms with E-state index >= 15 is 0 Å². The van der Waals surface area contributed by atoms with Crippen LogP contribution in [0.25, 0.3) is 99.4 Å². The minimum atomic E-state index is 0.833. The zero-order valence-electron chi connectivity index (χ0n) is 41.8. The number of anilines is 3. The molecule has 12 rings (SSSR count). The van der Waals surface area contributed by atoms with Crippen molar-refractivity contribution in [1.29, 1.82) is 0 Å². The molecule has 0 bridgehead atoms. The van der Waals surface area contributed by atoms with Crippen LogP contribution in [-0.4, -0.2) is 4.98 Å². The smallest absolute Gasteiger partial charge is 0.138 e. The SMILES string of the molecule is Cc1cccc(C)c1-c1cccc(N(c2cccc(-c3c(C)cccc3C)c2)c2cc(-c3cc(-c4c(C)cccc4C)cc4c3[nH]c3ccc(-c5c(C)cccc5C)cc34)c3c(c2)oc2ccccc23)c1. The average Bonchev–Trinajstić information content (AvgIpc) is 3.92. The maximum Gasteiger partial charge on any atom is 0.138 e. The van der Waals surface area contributed by atoms with E-state index in [2.05, 4.69) is 253 Å². The van der Waals surface area contributed by atoms with Crippen molar-refractivity contribution in [2.75, 3.05) is 4.90 Å². The van der Waals surface area contributed by atoms with E-state index < -0.39 is 0 Å². The molecular weight excluding hydrogens is 861 g/mol. The Kier molecular flexibility index (Phi) is 10.6. The number of benzene rings is 10. The lowest BCUT2D eigenvalue weighted by atomic mass is 9.89. The summed E-state index contributed by atoms with van der Waals surface area (Å²) in [6.07, 6.45) is 0. The van der Waals surface area contributed by atoms with E-state index in [1.165, 1.54) is 99.8 Å². The van der Waals surface area contributed by atoms with Gasteiger partial charge in [0, 0.05) is 50.1 Å². The van der Waals surface area contributed by atoms with Crippen LogP contribution in [0.3, 0.4) is 0 Å². The Balaban J connectivity index is 1.18. The first-order valence-corrected chi connectivity index (χ1v) is 24.8. The summed E-state index contributed by atoms with van der Waals surface area (Å²) in [4.78, 5) is 6.44. The molecule has 10 aromatic carbocycles. The molecule has 3 nitrogen and oxygen atoms in total. The van der Waals surface area contributed by atoms with Gasteiger partial charge in [-0.3, -0.25) is 0 Å². The van der Waals surface area contributed by atoms with E-state index in [0.29, 0.717) is 0 Å². The van der Waals surface area contributed by atoms with Crippen LogP contribution in [0, 0.1) is 55.4 Å². The number of aromatic nitrogens is 1. The first kappa shape index (κ1) is 43.9. The molecule has 1 N–H and O–H groups in total. The number of H-pyrrole nitrogens is 1. The summed E-state index contributed by atoms with van der Waals surface area (Å²) in [6, 6.07) is 69.4. The van der Waals surface area contributed by atoms with Crippen molar-refractivity contribution in [1.82, 2.24) is 4.98 Å². The van der Waals surface area contributed by atoms with E-state index in [-0.39, 0.29) is 0 Å². The summed E-state index contributed by atoms with van der Waals surface area (Å²) in [6.45, 7) is 17.8. The molecule has 0 aliphatic heterocycles. The highest BCUT2D eigenvalue weighted by Crippen LogP contribution is 2.49. The monoisotopic (exact) mass is 916 g/mol. The van der Waals surface area contributed by atoms with E-state index in [0.717, 1.165) is 61.2 Å². The predicted octanol–water partition coefficient (Wildman–Crippen LogP) is 19.5. The van der Waals surface area contributed by atoms with Crippen molar-refractivity contribution in [2.24, 2.45) is 0 Å². The molecule has 0 spiro atoms. The topological polar surface area (TPSA) is 32.2 Å². The Morgan fingerprint density at radius 3 is 1.32 bits per heavy atom. The molecule has 0 aliphatic rings. The molecule has 12 aromatic rings. The van der Waals surface area contributed by atoms with Gasteiger partial charge >= 0.3 is 0 Å². The second-order valence-corrected chi connectivity index (χ2v) is 19.8. The van der Waals surface area contributed by atoms with Crippen LogP contribution in [0.15, 0.2) is 192 Å². The zero-order chi connectivity index (χ0) is 48.7. The molecule has 0 aliphatic carbocycles. The van der Waals surface area contributed by atoms with Crippen LogP contribution < -0.4 is 4.90 Å². The summed E-state index contributed by atoms with van der Waals surface area (Å²) in [5.41, 5.74) is 29.1. The Morgan fingerprint density at radius 2 is 0.789 bits per heavy atom. The lowest BCUT2D eigenvalue weighted by Gasteiger charge is -2.28. The third-order valence-corrected chi connectivity index (χ3v) is 15.0. The van der Waals surface area contributed by atoms with Gasteiger partial charge in [-0.15, -0.1) is 0 Å². The number of hydrogen-bond acceptors (Lipinski definition) is 2. The molecule has 0 saturated carbocycles. The first-order chi connectivity index (χ1) is 34.5. The number of nitrogens with one attached hydrogen (secondary N) is 1. The molecule has 0 atom stereocenters. The third kappa shape index (κ3) is 7.43. The average molecular weight is 917 g/mol. The summed E-state index contributed by atoms with van der Waals surface area (Å²) in [5, 5.41) is 4.57. The quantitative estimate of drug-likeness (QED) is 0.165. The van der Waals surface area contributed by atoms with Gasteiger partial charge < -0.3 is 14.3 Å². The van der Waals surface area contributed by atoms with Crippen molar-refractivity contribution >= 4 is 60.8 Å². The van der Waals surface area contributed by atoms with Crippen molar-refractivity contribution < 1.29 is 4.42 Å². The fourth-order valence-corrected chi connectivity index (χ4v) is 11.8. The summed E-state index contributed by atoms with van der Waals surface area (Å²) < 4.78 is 7.00. The number of para-hydroxylation sites is 1. The van der Waals surface area contributed by atoms with Crippen LogP contribution in [0.5, 0.6) is 0 Å². The van der Waals surface area contributed by atoms with Gasteiger partial charge in [0.15, 0.2) is 0 Å². The molecule has 3 heteroatoms. The van der Waals surface area contributed by atoms with Crippen LogP contribution in [0.4, 0.5) is 17.1 Å². The Bertz CT molecular complexity index is 3930. The minimum Gasteiger partial charge on any atom is -0.456 e. The van der Waals surface area contributed by atoms with Gasteiger partial charge in [-0.2, -0.15) is 0 Å². The standard InChI is InChI=1S/C68H56N2O/c1-40-17-11-18-41(2)63(40)48-25-15-27-52(33-48)70(53-28-16-26-49(34-53)64-42(3)19-12-20-43(64)4)54-38-57(67-55-29-9-10-30-61(55)71-62(67)39-54)59-37-51(66-46(7)23-14-24-47(66)8)36-58-56-35-50(31-32-60(56)69-68(58)59)65-44(5)21-13-22-45(65)6/h9-39,69H,1-8H3. The number of fused-ring (bicyclic) bond motifs is 6. The lowest BCUT2D eigenvalue weighted by Crippen LogP contribution is -2.10. The van der Waals surface area contributed by atoms with Gasteiger partial charge in [0.1, 0.15) is 11.2 Å². The fourth-order valence-electron chi connectivity index (χ4n) is 11.8. The largest absolute Gasteiger partial charge is 0.456 e. The number of rotatable bonds is 8. The molecule has 0 unspecified atom stereocenters. The Hall–Kier alpha value is -8.40. The van der Waals surface area contributed by atoms with Gasteiger partial charge in [0.05, 0.1) is 11.2 Å². The molecule has 71 heavy (non-hydrogen) atoms. The molecule has 0 saturated heterocycles.